The zero-order chi connectivity index (χ0) is 24.2. The van der Waals surface area contributed by atoms with Crippen LogP contribution in [0.1, 0.15) is 36.5 Å². The highest BCUT2D eigenvalue weighted by atomic mass is 14.3. The number of hydrogen-bond donors (Lipinski definition) is 0. The Morgan fingerprint density at radius 3 is 1.56 bits per heavy atom. The number of fused-ring (bicyclic) bond motifs is 5. The molecule has 1 aliphatic rings. The lowest BCUT2D eigenvalue weighted by Gasteiger charge is -2.18. The van der Waals surface area contributed by atoms with Crippen LogP contribution < -0.4 is 0 Å². The third-order valence-electron chi connectivity index (χ3n) is 7.85. The van der Waals surface area contributed by atoms with Crippen LogP contribution in [0.2, 0.25) is 0 Å². The fourth-order valence-corrected chi connectivity index (χ4v) is 6.10. The van der Waals surface area contributed by atoms with Gasteiger partial charge in [-0.15, -0.1) is 0 Å². The minimum atomic E-state index is 0.551. The van der Waals surface area contributed by atoms with Crippen molar-refractivity contribution in [2.24, 2.45) is 0 Å². The summed E-state index contributed by atoms with van der Waals surface area (Å²) in [7, 11) is 0. The average molecular weight is 461 g/mol. The standard InChI is InChI=1S/C36H28/c1-23(2)25-16-18-29-27(20-25)22-28-21-26(17-19-30(28)29)36-33-14-8-6-12-31(33)35(24-10-4-3-5-11-24)32-13-7-9-15-34(32)36/h3-21,23H,22H2,1-2H3. The van der Waals surface area contributed by atoms with Crippen LogP contribution in [0.15, 0.2) is 115 Å². The maximum Gasteiger partial charge on any atom is -0.00131 e. The van der Waals surface area contributed by atoms with Gasteiger partial charge in [0.05, 0.1) is 0 Å². The van der Waals surface area contributed by atoms with E-state index >= 15 is 0 Å². The van der Waals surface area contributed by atoms with E-state index in [0.29, 0.717) is 5.92 Å². The summed E-state index contributed by atoms with van der Waals surface area (Å²) in [5, 5.41) is 5.24. The van der Waals surface area contributed by atoms with Crippen molar-refractivity contribution >= 4 is 21.5 Å². The van der Waals surface area contributed by atoms with E-state index in [1.807, 2.05) is 0 Å². The third kappa shape index (κ3) is 3.22. The van der Waals surface area contributed by atoms with Gasteiger partial charge in [-0.05, 0) is 84.0 Å². The molecule has 6 aromatic carbocycles. The molecule has 0 heteroatoms. The molecule has 0 unspecified atom stereocenters. The molecule has 0 fully saturated rings. The van der Waals surface area contributed by atoms with Crippen LogP contribution in [0.4, 0.5) is 0 Å². The molecule has 0 amide bonds. The summed E-state index contributed by atoms with van der Waals surface area (Å²) >= 11 is 0. The molecule has 0 aromatic heterocycles. The topological polar surface area (TPSA) is 0 Å². The zero-order valence-electron chi connectivity index (χ0n) is 20.8. The molecule has 6 aromatic rings. The minimum absolute atomic E-state index is 0.551. The first-order chi connectivity index (χ1) is 17.7. The van der Waals surface area contributed by atoms with Crippen molar-refractivity contribution in [1.82, 2.24) is 0 Å². The predicted molar refractivity (Wildman–Crippen MR) is 155 cm³/mol. The molecule has 1 aliphatic carbocycles. The number of rotatable bonds is 3. The summed E-state index contributed by atoms with van der Waals surface area (Å²) in [5.74, 6) is 0.551. The summed E-state index contributed by atoms with van der Waals surface area (Å²) < 4.78 is 0. The number of hydrogen-bond acceptors (Lipinski definition) is 0. The minimum Gasteiger partial charge on any atom is -0.0622 e. The lowest BCUT2D eigenvalue weighted by atomic mass is 9.85. The second kappa shape index (κ2) is 8.21. The highest BCUT2D eigenvalue weighted by molar-refractivity contribution is 6.21. The zero-order valence-corrected chi connectivity index (χ0v) is 20.8. The quantitative estimate of drug-likeness (QED) is 0.230. The van der Waals surface area contributed by atoms with Gasteiger partial charge < -0.3 is 0 Å². The predicted octanol–water partition coefficient (Wildman–Crippen LogP) is 10.0. The molecule has 0 spiro atoms. The largest absolute Gasteiger partial charge is 0.0622 e. The molecule has 7 rings (SSSR count). The number of benzene rings is 6. The van der Waals surface area contributed by atoms with Gasteiger partial charge in [0.25, 0.3) is 0 Å². The maximum atomic E-state index is 2.45. The van der Waals surface area contributed by atoms with Gasteiger partial charge in [-0.2, -0.15) is 0 Å². The van der Waals surface area contributed by atoms with Crippen LogP contribution >= 0.6 is 0 Å². The second-order valence-corrected chi connectivity index (χ2v) is 10.3. The Labute approximate surface area is 212 Å². The van der Waals surface area contributed by atoms with E-state index < -0.39 is 0 Å². The Hall–Kier alpha value is -4.16. The third-order valence-corrected chi connectivity index (χ3v) is 7.85. The Bertz CT molecular complexity index is 1710. The molecule has 0 saturated heterocycles. The highest BCUT2D eigenvalue weighted by Crippen LogP contribution is 2.45. The van der Waals surface area contributed by atoms with Gasteiger partial charge in [-0.1, -0.05) is 129 Å². The molecule has 0 radical (unpaired) electrons. The van der Waals surface area contributed by atoms with E-state index in [-0.39, 0.29) is 0 Å². The van der Waals surface area contributed by atoms with Crippen molar-refractivity contribution in [3.8, 4) is 33.4 Å². The smallest absolute Gasteiger partial charge is 0.00131 e. The second-order valence-electron chi connectivity index (χ2n) is 10.3. The fourth-order valence-electron chi connectivity index (χ4n) is 6.10. The maximum absolute atomic E-state index is 2.45. The molecule has 0 saturated carbocycles. The molecule has 0 atom stereocenters. The van der Waals surface area contributed by atoms with Crippen molar-refractivity contribution in [2.75, 3.05) is 0 Å². The normalized spacial score (nSPS) is 12.3. The lowest BCUT2D eigenvalue weighted by molar-refractivity contribution is 0.864. The first-order valence-corrected chi connectivity index (χ1v) is 12.9. The van der Waals surface area contributed by atoms with Gasteiger partial charge in [0, 0.05) is 0 Å². The molecule has 0 nitrogen and oxygen atoms in total. The summed E-state index contributed by atoms with van der Waals surface area (Å²) in [4.78, 5) is 0. The summed E-state index contributed by atoms with van der Waals surface area (Å²) in [6.07, 6.45) is 1.01. The molecular formula is C36H28. The van der Waals surface area contributed by atoms with E-state index in [9.17, 15) is 0 Å². The van der Waals surface area contributed by atoms with Crippen LogP contribution in [0.3, 0.4) is 0 Å². The van der Waals surface area contributed by atoms with E-state index in [4.69, 9.17) is 0 Å². The van der Waals surface area contributed by atoms with Crippen molar-refractivity contribution in [1.29, 1.82) is 0 Å². The molecular weight excluding hydrogens is 432 g/mol. The monoisotopic (exact) mass is 460 g/mol. The lowest BCUT2D eigenvalue weighted by Crippen LogP contribution is -1.91. The van der Waals surface area contributed by atoms with Crippen LogP contribution in [0.25, 0.3) is 54.9 Å². The van der Waals surface area contributed by atoms with Gasteiger partial charge in [0.1, 0.15) is 0 Å². The van der Waals surface area contributed by atoms with Gasteiger partial charge in [0.2, 0.25) is 0 Å². The summed E-state index contributed by atoms with van der Waals surface area (Å²) in [6, 6.07) is 42.8. The Morgan fingerprint density at radius 2 is 0.972 bits per heavy atom. The Morgan fingerprint density at radius 1 is 0.472 bits per heavy atom. The van der Waals surface area contributed by atoms with E-state index in [1.54, 1.807) is 0 Å². The summed E-state index contributed by atoms with van der Waals surface area (Å²) in [5.41, 5.74) is 12.3. The van der Waals surface area contributed by atoms with Gasteiger partial charge in [0.15, 0.2) is 0 Å². The molecule has 36 heavy (non-hydrogen) atoms. The fraction of sp³-hybridized carbons (Fsp3) is 0.111. The van der Waals surface area contributed by atoms with Crippen molar-refractivity contribution in [3.63, 3.8) is 0 Å². The SMILES string of the molecule is CC(C)c1ccc2c(c1)Cc1cc(-c3c4ccccc4c(-c4ccccc4)c4ccccc34)ccc1-2. The van der Waals surface area contributed by atoms with E-state index in [0.717, 1.165) is 6.42 Å². The molecule has 0 aliphatic heterocycles. The first-order valence-electron chi connectivity index (χ1n) is 12.9. The molecule has 0 bridgehead atoms. The first kappa shape index (κ1) is 21.1. The van der Waals surface area contributed by atoms with Crippen LogP contribution in [0, 0.1) is 0 Å². The molecule has 0 N–H and O–H groups in total. The van der Waals surface area contributed by atoms with Crippen molar-refractivity contribution < 1.29 is 0 Å². The Balaban J connectivity index is 1.48. The van der Waals surface area contributed by atoms with Crippen LogP contribution in [-0.2, 0) is 6.42 Å². The average Bonchev–Trinajstić information content (AvgIpc) is 3.29. The van der Waals surface area contributed by atoms with Crippen molar-refractivity contribution in [3.05, 3.63) is 132 Å². The summed E-state index contributed by atoms with van der Waals surface area (Å²) in [6.45, 7) is 4.55. The van der Waals surface area contributed by atoms with Crippen molar-refractivity contribution in [2.45, 2.75) is 26.2 Å². The molecule has 172 valence electrons. The van der Waals surface area contributed by atoms with Crippen LogP contribution in [-0.4, -0.2) is 0 Å². The Kier molecular flexibility index (Phi) is 4.82. The van der Waals surface area contributed by atoms with Gasteiger partial charge >= 0.3 is 0 Å². The van der Waals surface area contributed by atoms with E-state index in [1.165, 1.54) is 71.6 Å². The molecule has 0 heterocycles. The van der Waals surface area contributed by atoms with E-state index in [2.05, 4.69) is 129 Å². The van der Waals surface area contributed by atoms with Gasteiger partial charge in [-0.3, -0.25) is 0 Å². The van der Waals surface area contributed by atoms with Crippen LogP contribution in [0.5, 0.6) is 0 Å². The highest BCUT2D eigenvalue weighted by Gasteiger charge is 2.22. The van der Waals surface area contributed by atoms with Gasteiger partial charge in [-0.25, -0.2) is 0 Å².